The normalized spacial score (nSPS) is 23.1. The van der Waals surface area contributed by atoms with Gasteiger partial charge in [-0.1, -0.05) is 0 Å². The number of carboxylic acids is 1. The van der Waals surface area contributed by atoms with Crippen molar-refractivity contribution in [3.63, 3.8) is 0 Å². The van der Waals surface area contributed by atoms with E-state index in [1.54, 1.807) is 12.1 Å². The second-order valence-corrected chi connectivity index (χ2v) is 6.01. The molecule has 7 heteroatoms. The summed E-state index contributed by atoms with van der Waals surface area (Å²) in [5.74, 6) is -0.239. The first-order valence-electron chi connectivity index (χ1n) is 6.67. The third-order valence-corrected chi connectivity index (χ3v) is 4.27. The zero-order valence-electron chi connectivity index (χ0n) is 11.1. The van der Waals surface area contributed by atoms with E-state index in [9.17, 15) is 9.59 Å². The van der Waals surface area contributed by atoms with Crippen molar-refractivity contribution < 1.29 is 24.2 Å². The molecule has 0 aromatic heterocycles. The summed E-state index contributed by atoms with van der Waals surface area (Å²) in [6, 6.07) is 3.24. The predicted octanol–water partition coefficient (Wildman–Crippen LogP) is 1.81. The quantitative estimate of drug-likeness (QED) is 0.863. The number of hydrogen-bond donors (Lipinski definition) is 2. The zero-order chi connectivity index (χ0) is 15.0. The van der Waals surface area contributed by atoms with Crippen molar-refractivity contribution in [2.45, 2.75) is 18.9 Å². The Balaban J connectivity index is 1.68. The van der Waals surface area contributed by atoms with E-state index in [4.69, 9.17) is 14.6 Å². The van der Waals surface area contributed by atoms with Crippen molar-refractivity contribution in [3.05, 3.63) is 22.2 Å². The minimum Gasteiger partial charge on any atom is -0.486 e. The SMILES string of the molecule is O=C(NC1CC(C(=O)O)C1)c1cc(Br)c2c(c1)OCCO2. The van der Waals surface area contributed by atoms with Crippen LogP contribution in [0.15, 0.2) is 16.6 Å². The standard InChI is InChI=1S/C14H14BrNO5/c15-10-5-7(6-11-12(10)21-2-1-20-11)13(17)16-9-3-8(4-9)14(18)19/h5-6,8-9H,1-4H2,(H,16,17)(H,18,19). The number of ether oxygens (including phenoxy) is 2. The average molecular weight is 356 g/mol. The van der Waals surface area contributed by atoms with Crippen molar-refractivity contribution in [1.82, 2.24) is 5.32 Å². The molecule has 6 nitrogen and oxygen atoms in total. The molecule has 1 aromatic carbocycles. The minimum absolute atomic E-state index is 0.0782. The maximum absolute atomic E-state index is 12.2. The van der Waals surface area contributed by atoms with Crippen molar-refractivity contribution in [2.75, 3.05) is 13.2 Å². The van der Waals surface area contributed by atoms with Gasteiger partial charge in [0.25, 0.3) is 5.91 Å². The van der Waals surface area contributed by atoms with Crippen LogP contribution in [-0.4, -0.2) is 36.2 Å². The number of carbonyl (C=O) groups is 2. The van der Waals surface area contributed by atoms with Crippen LogP contribution < -0.4 is 14.8 Å². The second kappa shape index (κ2) is 5.55. The van der Waals surface area contributed by atoms with E-state index in [1.165, 1.54) is 0 Å². The highest BCUT2D eigenvalue weighted by Gasteiger charge is 2.35. The van der Waals surface area contributed by atoms with Gasteiger partial charge >= 0.3 is 5.97 Å². The van der Waals surface area contributed by atoms with Gasteiger partial charge in [-0.25, -0.2) is 0 Å². The molecule has 2 N–H and O–H groups in total. The van der Waals surface area contributed by atoms with Crippen LogP contribution in [0, 0.1) is 5.92 Å². The molecule has 0 atom stereocenters. The van der Waals surface area contributed by atoms with E-state index < -0.39 is 5.97 Å². The molecule has 1 amide bonds. The van der Waals surface area contributed by atoms with Gasteiger partial charge in [0.2, 0.25) is 0 Å². The summed E-state index contributed by atoms with van der Waals surface area (Å²) in [6.07, 6.45) is 0.958. The Kier molecular flexibility index (Phi) is 3.75. The maximum atomic E-state index is 12.2. The second-order valence-electron chi connectivity index (χ2n) is 5.16. The van der Waals surface area contributed by atoms with E-state index in [-0.39, 0.29) is 17.9 Å². The van der Waals surface area contributed by atoms with Gasteiger partial charge in [0.05, 0.1) is 10.4 Å². The number of halogens is 1. The van der Waals surface area contributed by atoms with Gasteiger partial charge in [0.15, 0.2) is 11.5 Å². The van der Waals surface area contributed by atoms with Crippen LogP contribution in [-0.2, 0) is 4.79 Å². The molecule has 0 unspecified atom stereocenters. The number of hydrogen-bond acceptors (Lipinski definition) is 4. The van der Waals surface area contributed by atoms with Gasteiger partial charge in [-0.2, -0.15) is 0 Å². The van der Waals surface area contributed by atoms with Crippen molar-refractivity contribution in [1.29, 1.82) is 0 Å². The van der Waals surface area contributed by atoms with Gasteiger partial charge < -0.3 is 19.9 Å². The molecule has 2 aliphatic rings. The van der Waals surface area contributed by atoms with Crippen LogP contribution in [0.1, 0.15) is 23.2 Å². The number of fused-ring (bicyclic) bond motifs is 1. The van der Waals surface area contributed by atoms with E-state index in [1.807, 2.05) is 0 Å². The molecule has 1 saturated carbocycles. The fourth-order valence-corrected chi connectivity index (χ4v) is 3.00. The Hall–Kier alpha value is -1.76. The van der Waals surface area contributed by atoms with Crippen LogP contribution >= 0.6 is 15.9 Å². The van der Waals surface area contributed by atoms with Gasteiger partial charge in [0.1, 0.15) is 13.2 Å². The fraction of sp³-hybridized carbons (Fsp3) is 0.429. The molecule has 0 saturated heterocycles. The zero-order valence-corrected chi connectivity index (χ0v) is 12.7. The highest BCUT2D eigenvalue weighted by molar-refractivity contribution is 9.10. The summed E-state index contributed by atoms with van der Waals surface area (Å²) in [5.41, 5.74) is 0.463. The Labute approximate surface area is 129 Å². The maximum Gasteiger partial charge on any atom is 0.306 e. The van der Waals surface area contributed by atoms with Crippen LogP contribution in [0.2, 0.25) is 0 Å². The minimum atomic E-state index is -0.803. The molecule has 1 aliphatic carbocycles. The Bertz CT molecular complexity index is 597. The molecule has 21 heavy (non-hydrogen) atoms. The lowest BCUT2D eigenvalue weighted by Crippen LogP contribution is -2.46. The van der Waals surface area contributed by atoms with Gasteiger partial charge in [-0.3, -0.25) is 9.59 Å². The van der Waals surface area contributed by atoms with Crippen molar-refractivity contribution in [2.24, 2.45) is 5.92 Å². The first kappa shape index (κ1) is 14.2. The van der Waals surface area contributed by atoms with Crippen LogP contribution in [0.25, 0.3) is 0 Å². The van der Waals surface area contributed by atoms with Crippen molar-refractivity contribution >= 4 is 27.8 Å². The summed E-state index contributed by atoms with van der Waals surface area (Å²) in [4.78, 5) is 22.9. The highest BCUT2D eigenvalue weighted by Crippen LogP contribution is 2.38. The molecule has 0 radical (unpaired) electrons. The predicted molar refractivity (Wildman–Crippen MR) is 76.7 cm³/mol. The fourth-order valence-electron chi connectivity index (χ4n) is 2.45. The largest absolute Gasteiger partial charge is 0.486 e. The van der Waals surface area contributed by atoms with E-state index in [0.717, 1.165) is 0 Å². The third-order valence-electron chi connectivity index (χ3n) is 3.68. The lowest BCUT2D eigenvalue weighted by Gasteiger charge is -2.32. The van der Waals surface area contributed by atoms with Crippen molar-refractivity contribution in [3.8, 4) is 11.5 Å². The summed E-state index contributed by atoms with van der Waals surface area (Å²) >= 11 is 3.36. The number of carboxylic acid groups (broad SMARTS) is 1. The molecular weight excluding hydrogens is 342 g/mol. The summed E-state index contributed by atoms with van der Waals surface area (Å²) in [7, 11) is 0. The molecule has 112 valence electrons. The van der Waals surface area contributed by atoms with E-state index >= 15 is 0 Å². The Morgan fingerprint density at radius 1 is 1.24 bits per heavy atom. The molecular formula is C14H14BrNO5. The number of carbonyl (C=O) groups excluding carboxylic acids is 1. The Morgan fingerprint density at radius 3 is 2.67 bits per heavy atom. The number of amides is 1. The number of rotatable bonds is 3. The van der Waals surface area contributed by atoms with Crippen LogP contribution in [0.3, 0.4) is 0 Å². The molecule has 1 fully saturated rings. The lowest BCUT2D eigenvalue weighted by atomic mass is 9.80. The van der Waals surface area contributed by atoms with Gasteiger partial charge in [-0.05, 0) is 40.9 Å². The molecule has 1 aliphatic heterocycles. The summed E-state index contributed by atoms with van der Waals surface area (Å²) in [5, 5.41) is 11.7. The summed E-state index contributed by atoms with van der Waals surface area (Å²) < 4.78 is 11.6. The molecule has 0 spiro atoms. The smallest absolute Gasteiger partial charge is 0.306 e. The first-order valence-corrected chi connectivity index (χ1v) is 7.46. The van der Waals surface area contributed by atoms with E-state index in [2.05, 4.69) is 21.2 Å². The molecule has 0 bridgehead atoms. The highest BCUT2D eigenvalue weighted by atomic mass is 79.9. The number of nitrogens with one attached hydrogen (secondary N) is 1. The monoisotopic (exact) mass is 355 g/mol. The summed E-state index contributed by atoms with van der Waals surface area (Å²) in [6.45, 7) is 0.934. The Morgan fingerprint density at radius 2 is 1.95 bits per heavy atom. The third kappa shape index (κ3) is 2.83. The van der Waals surface area contributed by atoms with Crippen LogP contribution in [0.5, 0.6) is 11.5 Å². The first-order chi connectivity index (χ1) is 10.0. The lowest BCUT2D eigenvalue weighted by molar-refractivity contribution is -0.145. The topological polar surface area (TPSA) is 84.9 Å². The van der Waals surface area contributed by atoms with Gasteiger partial charge in [0, 0.05) is 11.6 Å². The van der Waals surface area contributed by atoms with Gasteiger partial charge in [-0.15, -0.1) is 0 Å². The molecule has 1 aromatic rings. The average Bonchev–Trinajstić information content (AvgIpc) is 2.41. The molecule has 3 rings (SSSR count). The van der Waals surface area contributed by atoms with E-state index in [0.29, 0.717) is 47.6 Å². The number of aliphatic carboxylic acids is 1. The van der Waals surface area contributed by atoms with Crippen LogP contribution in [0.4, 0.5) is 0 Å². The number of benzene rings is 1. The molecule has 1 heterocycles.